The number of amides is 1. The van der Waals surface area contributed by atoms with E-state index in [0.717, 1.165) is 0 Å². The summed E-state index contributed by atoms with van der Waals surface area (Å²) in [5.41, 5.74) is -4.76. The van der Waals surface area contributed by atoms with E-state index in [-0.39, 0.29) is 12.8 Å². The number of ether oxygens (including phenoxy) is 1. The average Bonchev–Trinajstić information content (AvgIpc) is 2.69. The second kappa shape index (κ2) is 10.1. The molecule has 0 bridgehead atoms. The van der Waals surface area contributed by atoms with Gasteiger partial charge in [0, 0.05) is 24.1 Å². The first-order valence-corrected chi connectivity index (χ1v) is 8.61. The number of rotatable bonds is 11. The van der Waals surface area contributed by atoms with E-state index >= 15 is 0 Å². The minimum absolute atomic E-state index is 0.263. The number of benzene rings is 1. The molecule has 1 aromatic carbocycles. The predicted octanol–water partition coefficient (Wildman–Crippen LogP) is 2.50. The van der Waals surface area contributed by atoms with E-state index in [2.05, 4.69) is 4.74 Å². The highest BCUT2D eigenvalue weighted by Crippen LogP contribution is 2.37. The van der Waals surface area contributed by atoms with Crippen LogP contribution in [0.4, 0.5) is 27.6 Å². The molecule has 0 aliphatic heterocycles. The standard InChI is InChI=1S/C17H14F5N3O8/c18-16(19,17(20,21)22)8-33-11-7-9(3-4-10(11)25(31)32)12(26)24-15(13(27)28,14(29)30)5-1-2-6-23/h3-4,7H,1-2,5,8H2,(H,24,26)(H,27,28)(H,29,30). The highest BCUT2D eigenvalue weighted by molar-refractivity contribution is 6.09. The molecule has 0 saturated carbocycles. The fraction of sp³-hybridized carbons (Fsp3) is 0.412. The molecule has 0 saturated heterocycles. The van der Waals surface area contributed by atoms with Crippen molar-refractivity contribution in [3.63, 3.8) is 0 Å². The van der Waals surface area contributed by atoms with Crippen molar-refractivity contribution in [2.45, 2.75) is 36.9 Å². The lowest BCUT2D eigenvalue weighted by Gasteiger charge is -2.26. The minimum atomic E-state index is -6.04. The van der Waals surface area contributed by atoms with Crippen LogP contribution in [-0.4, -0.2) is 57.2 Å². The summed E-state index contributed by atoms with van der Waals surface area (Å²) in [6.07, 6.45) is -7.31. The van der Waals surface area contributed by atoms with Crippen LogP contribution in [0.2, 0.25) is 0 Å². The molecule has 0 aliphatic carbocycles. The number of carbonyl (C=O) groups is 3. The Bertz CT molecular complexity index is 976. The second-order valence-electron chi connectivity index (χ2n) is 6.41. The zero-order valence-corrected chi connectivity index (χ0v) is 16.2. The third-order valence-corrected chi connectivity index (χ3v) is 4.14. The Kier molecular flexibility index (Phi) is 8.23. The van der Waals surface area contributed by atoms with E-state index in [9.17, 15) is 56.7 Å². The van der Waals surface area contributed by atoms with Crippen LogP contribution >= 0.6 is 0 Å². The molecule has 3 N–H and O–H groups in total. The maximum absolute atomic E-state index is 13.1. The van der Waals surface area contributed by atoms with Crippen LogP contribution in [0.1, 0.15) is 29.6 Å². The van der Waals surface area contributed by atoms with Gasteiger partial charge in [0.1, 0.15) is 0 Å². The van der Waals surface area contributed by atoms with Crippen molar-refractivity contribution < 1.29 is 56.2 Å². The molecule has 0 heterocycles. The van der Waals surface area contributed by atoms with Crippen molar-refractivity contribution in [3.05, 3.63) is 33.9 Å². The predicted molar refractivity (Wildman–Crippen MR) is 94.5 cm³/mol. The summed E-state index contributed by atoms with van der Waals surface area (Å²) in [7, 11) is 0. The number of hydrogen-bond acceptors (Lipinski definition) is 7. The van der Waals surface area contributed by atoms with Gasteiger partial charge in [0.05, 0.1) is 11.0 Å². The van der Waals surface area contributed by atoms with Crippen LogP contribution < -0.4 is 10.1 Å². The third kappa shape index (κ3) is 6.24. The molecule has 1 rings (SSSR count). The number of hydrogen-bond donors (Lipinski definition) is 3. The van der Waals surface area contributed by atoms with Gasteiger partial charge in [-0.3, -0.25) is 14.9 Å². The Morgan fingerprint density at radius 2 is 1.73 bits per heavy atom. The number of aliphatic carboxylic acids is 2. The van der Waals surface area contributed by atoms with Crippen LogP contribution in [0.15, 0.2) is 18.2 Å². The van der Waals surface area contributed by atoms with Gasteiger partial charge < -0.3 is 20.3 Å². The molecule has 0 spiro atoms. The summed E-state index contributed by atoms with van der Waals surface area (Å²) in [6, 6.07) is 3.20. The van der Waals surface area contributed by atoms with Crippen LogP contribution in [-0.2, 0) is 9.59 Å². The molecule has 0 atom stereocenters. The Morgan fingerprint density at radius 3 is 2.18 bits per heavy atom. The van der Waals surface area contributed by atoms with Gasteiger partial charge in [-0.05, 0) is 18.9 Å². The second-order valence-corrected chi connectivity index (χ2v) is 6.41. The van der Waals surface area contributed by atoms with E-state index in [4.69, 9.17) is 5.26 Å². The zero-order valence-electron chi connectivity index (χ0n) is 16.2. The fourth-order valence-corrected chi connectivity index (χ4v) is 2.35. The molecule has 0 aliphatic rings. The van der Waals surface area contributed by atoms with Gasteiger partial charge in [0.25, 0.3) is 5.91 Å². The number of unbranched alkanes of at least 4 members (excludes halogenated alkanes) is 1. The van der Waals surface area contributed by atoms with E-state index in [1.54, 1.807) is 11.4 Å². The molecule has 16 heteroatoms. The van der Waals surface area contributed by atoms with E-state index in [1.807, 2.05) is 0 Å². The van der Waals surface area contributed by atoms with Gasteiger partial charge in [-0.1, -0.05) is 0 Å². The molecule has 180 valence electrons. The van der Waals surface area contributed by atoms with Gasteiger partial charge in [0.15, 0.2) is 12.4 Å². The molecular weight excluding hydrogens is 469 g/mol. The van der Waals surface area contributed by atoms with Crippen molar-refractivity contribution in [1.29, 1.82) is 5.26 Å². The van der Waals surface area contributed by atoms with Crippen LogP contribution in [0.3, 0.4) is 0 Å². The molecule has 0 radical (unpaired) electrons. The van der Waals surface area contributed by atoms with Crippen molar-refractivity contribution in [1.82, 2.24) is 5.32 Å². The summed E-state index contributed by atoms with van der Waals surface area (Å²) in [4.78, 5) is 45.4. The first kappa shape index (κ1) is 27.0. The maximum atomic E-state index is 13.1. The van der Waals surface area contributed by atoms with Crippen LogP contribution in [0.25, 0.3) is 0 Å². The SMILES string of the molecule is N#CCCCC(NC(=O)c1ccc([N+](=O)[O-])c(OCC(F)(F)C(F)(F)F)c1)(C(=O)O)C(=O)O. The summed E-state index contributed by atoms with van der Waals surface area (Å²) in [5, 5.41) is 39.9. The molecule has 0 unspecified atom stereocenters. The van der Waals surface area contributed by atoms with Crippen molar-refractivity contribution >= 4 is 23.5 Å². The largest absolute Gasteiger partial charge is 0.480 e. The third-order valence-electron chi connectivity index (χ3n) is 4.14. The molecule has 1 amide bonds. The molecule has 11 nitrogen and oxygen atoms in total. The smallest absolute Gasteiger partial charge is 0.456 e. The highest BCUT2D eigenvalue weighted by Gasteiger charge is 2.58. The topological polar surface area (TPSA) is 180 Å². The van der Waals surface area contributed by atoms with Crippen molar-refractivity contribution in [3.8, 4) is 11.8 Å². The summed E-state index contributed by atoms with van der Waals surface area (Å²) in [6.45, 7) is -2.37. The van der Waals surface area contributed by atoms with E-state index in [1.165, 1.54) is 0 Å². The molecule has 33 heavy (non-hydrogen) atoms. The number of carboxylic acids is 2. The number of alkyl halides is 5. The van der Waals surface area contributed by atoms with Crippen molar-refractivity contribution in [2.75, 3.05) is 6.61 Å². The quantitative estimate of drug-likeness (QED) is 0.140. The monoisotopic (exact) mass is 483 g/mol. The van der Waals surface area contributed by atoms with Gasteiger partial charge >= 0.3 is 29.7 Å². The Hall–Kier alpha value is -4.03. The fourth-order valence-electron chi connectivity index (χ4n) is 2.35. The van der Waals surface area contributed by atoms with Crippen molar-refractivity contribution in [2.24, 2.45) is 0 Å². The molecular formula is C17H14F5N3O8. The van der Waals surface area contributed by atoms with Crippen LogP contribution in [0, 0.1) is 21.4 Å². The first-order valence-electron chi connectivity index (χ1n) is 8.61. The number of halogens is 5. The minimum Gasteiger partial charge on any atom is -0.480 e. The van der Waals surface area contributed by atoms with E-state index < -0.39 is 70.4 Å². The average molecular weight is 483 g/mol. The maximum Gasteiger partial charge on any atom is 0.456 e. The number of nitro groups is 1. The van der Waals surface area contributed by atoms with E-state index in [0.29, 0.717) is 18.2 Å². The Labute approximate surface area is 180 Å². The Morgan fingerprint density at radius 1 is 1.15 bits per heavy atom. The van der Waals surface area contributed by atoms with Gasteiger partial charge in [-0.15, -0.1) is 0 Å². The normalized spacial score (nSPS) is 11.9. The van der Waals surface area contributed by atoms with Crippen LogP contribution in [0.5, 0.6) is 5.75 Å². The first-order chi connectivity index (χ1) is 15.1. The molecule has 0 aromatic heterocycles. The number of nitriles is 1. The van der Waals surface area contributed by atoms with Gasteiger partial charge in [0.2, 0.25) is 5.54 Å². The Balaban J connectivity index is 3.31. The zero-order chi connectivity index (χ0) is 25.6. The highest BCUT2D eigenvalue weighted by atomic mass is 19.4. The summed E-state index contributed by atoms with van der Waals surface area (Å²) < 4.78 is 67.4. The number of nitrogens with zero attached hydrogens (tertiary/aromatic N) is 2. The molecule has 1 aromatic rings. The summed E-state index contributed by atoms with van der Waals surface area (Å²) in [5.74, 6) is -12.1. The number of nitro benzene ring substituents is 1. The number of carbonyl (C=O) groups excluding carboxylic acids is 1. The lowest BCUT2D eigenvalue weighted by Crippen LogP contribution is -2.60. The lowest BCUT2D eigenvalue weighted by atomic mass is 9.92. The molecule has 0 fully saturated rings. The number of carboxylic acid groups (broad SMARTS) is 2. The van der Waals surface area contributed by atoms with Gasteiger partial charge in [-0.25, -0.2) is 9.59 Å². The van der Waals surface area contributed by atoms with Gasteiger partial charge in [-0.2, -0.15) is 27.2 Å². The lowest BCUT2D eigenvalue weighted by molar-refractivity contribution is -0.386. The number of nitrogens with one attached hydrogen (secondary N) is 1. The summed E-state index contributed by atoms with van der Waals surface area (Å²) >= 11 is 0.